The van der Waals surface area contributed by atoms with Crippen molar-refractivity contribution in [2.75, 3.05) is 26.7 Å². The first kappa shape index (κ1) is 18.5. The first-order valence-electron chi connectivity index (χ1n) is 8.24. The maximum atomic E-state index is 6.14. The first-order chi connectivity index (χ1) is 10.1. The molecule has 0 saturated carbocycles. The first-order valence-corrected chi connectivity index (χ1v) is 8.62. The standard InChI is InChI=1S/C18H31ClN2/c1-5-11-20-18(16-8-7-9-17(19)13-16)10-12-21(4)14-15(3)6-2/h7-9,13,15,18,20H,5-6,10-12,14H2,1-4H3. The summed E-state index contributed by atoms with van der Waals surface area (Å²) in [4.78, 5) is 2.44. The van der Waals surface area contributed by atoms with Crippen molar-refractivity contribution in [3.05, 3.63) is 34.9 Å². The maximum absolute atomic E-state index is 6.14. The third-order valence-corrected chi connectivity index (χ3v) is 4.25. The molecule has 2 unspecified atom stereocenters. The molecule has 3 heteroatoms. The van der Waals surface area contributed by atoms with E-state index in [2.05, 4.69) is 50.2 Å². The van der Waals surface area contributed by atoms with E-state index in [0.717, 1.165) is 36.9 Å². The molecule has 1 aromatic rings. The summed E-state index contributed by atoms with van der Waals surface area (Å²) in [5.74, 6) is 0.767. The Labute approximate surface area is 135 Å². The lowest BCUT2D eigenvalue weighted by atomic mass is 10.0. The molecule has 0 heterocycles. The van der Waals surface area contributed by atoms with Gasteiger partial charge in [0, 0.05) is 17.6 Å². The number of hydrogen-bond acceptors (Lipinski definition) is 2. The van der Waals surface area contributed by atoms with Crippen molar-refractivity contribution < 1.29 is 0 Å². The molecule has 0 amide bonds. The van der Waals surface area contributed by atoms with E-state index in [1.807, 2.05) is 12.1 Å². The maximum Gasteiger partial charge on any atom is 0.0409 e. The quantitative estimate of drug-likeness (QED) is 0.671. The molecule has 0 aliphatic heterocycles. The minimum absolute atomic E-state index is 0.392. The number of nitrogens with zero attached hydrogens (tertiary/aromatic N) is 1. The summed E-state index contributed by atoms with van der Waals surface area (Å²) in [5.41, 5.74) is 1.30. The van der Waals surface area contributed by atoms with Crippen LogP contribution in [0, 0.1) is 5.92 Å². The summed E-state index contributed by atoms with van der Waals surface area (Å²) in [6.45, 7) is 10.1. The summed E-state index contributed by atoms with van der Waals surface area (Å²) in [6, 6.07) is 8.64. The third-order valence-electron chi connectivity index (χ3n) is 4.01. The van der Waals surface area contributed by atoms with Crippen LogP contribution in [0.3, 0.4) is 0 Å². The van der Waals surface area contributed by atoms with E-state index in [4.69, 9.17) is 11.6 Å². The van der Waals surface area contributed by atoms with Gasteiger partial charge in [-0.15, -0.1) is 0 Å². The van der Waals surface area contributed by atoms with Crippen molar-refractivity contribution in [3.8, 4) is 0 Å². The Morgan fingerprint density at radius 3 is 2.67 bits per heavy atom. The van der Waals surface area contributed by atoms with Crippen LogP contribution < -0.4 is 5.32 Å². The molecule has 0 spiro atoms. The van der Waals surface area contributed by atoms with Gasteiger partial charge in [-0.05, 0) is 56.6 Å². The Hall–Kier alpha value is -0.570. The second-order valence-corrected chi connectivity index (χ2v) is 6.56. The van der Waals surface area contributed by atoms with E-state index in [-0.39, 0.29) is 0 Å². The van der Waals surface area contributed by atoms with Gasteiger partial charge in [0.1, 0.15) is 0 Å². The van der Waals surface area contributed by atoms with Crippen LogP contribution in [0.15, 0.2) is 24.3 Å². The molecule has 2 atom stereocenters. The molecule has 1 N–H and O–H groups in total. The fourth-order valence-electron chi connectivity index (χ4n) is 2.53. The van der Waals surface area contributed by atoms with Crippen LogP contribution in [0.2, 0.25) is 5.02 Å². The van der Waals surface area contributed by atoms with E-state index in [1.165, 1.54) is 18.5 Å². The molecule has 1 aromatic carbocycles. The summed E-state index contributed by atoms with van der Waals surface area (Å²) >= 11 is 6.14. The van der Waals surface area contributed by atoms with E-state index in [1.54, 1.807) is 0 Å². The van der Waals surface area contributed by atoms with Gasteiger partial charge in [-0.25, -0.2) is 0 Å². The Morgan fingerprint density at radius 2 is 2.05 bits per heavy atom. The zero-order chi connectivity index (χ0) is 15.7. The number of rotatable bonds is 10. The molecule has 0 bridgehead atoms. The number of hydrogen-bond donors (Lipinski definition) is 1. The van der Waals surface area contributed by atoms with Gasteiger partial charge in [-0.3, -0.25) is 0 Å². The smallest absolute Gasteiger partial charge is 0.0409 e. The van der Waals surface area contributed by atoms with E-state index in [9.17, 15) is 0 Å². The largest absolute Gasteiger partial charge is 0.310 e. The predicted octanol–water partition coefficient (Wildman–Crippen LogP) is 4.75. The molecule has 120 valence electrons. The normalized spacial score (nSPS) is 14.4. The summed E-state index contributed by atoms with van der Waals surface area (Å²) in [6.07, 6.45) is 3.52. The van der Waals surface area contributed by atoms with E-state index < -0.39 is 0 Å². The monoisotopic (exact) mass is 310 g/mol. The number of benzene rings is 1. The van der Waals surface area contributed by atoms with Crippen molar-refractivity contribution in [1.82, 2.24) is 10.2 Å². The summed E-state index contributed by atoms with van der Waals surface area (Å²) in [5, 5.41) is 4.47. The van der Waals surface area contributed by atoms with Gasteiger partial charge >= 0.3 is 0 Å². The number of halogens is 1. The highest BCUT2D eigenvalue weighted by Crippen LogP contribution is 2.21. The van der Waals surface area contributed by atoms with Crippen LogP contribution in [0.1, 0.15) is 51.6 Å². The van der Waals surface area contributed by atoms with Crippen LogP contribution in [-0.4, -0.2) is 31.6 Å². The average molecular weight is 311 g/mol. The zero-order valence-electron chi connectivity index (χ0n) is 14.0. The lowest BCUT2D eigenvalue weighted by molar-refractivity contribution is 0.266. The van der Waals surface area contributed by atoms with Crippen molar-refractivity contribution in [2.45, 2.75) is 46.1 Å². The van der Waals surface area contributed by atoms with Gasteiger partial charge in [-0.1, -0.05) is 50.9 Å². The van der Waals surface area contributed by atoms with Crippen molar-refractivity contribution >= 4 is 11.6 Å². The van der Waals surface area contributed by atoms with Gasteiger partial charge < -0.3 is 10.2 Å². The Bertz CT molecular complexity index is 395. The lowest BCUT2D eigenvalue weighted by Gasteiger charge is -2.25. The average Bonchev–Trinajstić information content (AvgIpc) is 2.47. The molecule has 1 rings (SSSR count). The van der Waals surface area contributed by atoms with E-state index >= 15 is 0 Å². The molecule has 0 aliphatic rings. The van der Waals surface area contributed by atoms with Crippen LogP contribution in [-0.2, 0) is 0 Å². The SMILES string of the molecule is CCCNC(CCN(C)CC(C)CC)c1cccc(Cl)c1. The molecule has 0 fully saturated rings. The van der Waals surface area contributed by atoms with Gasteiger partial charge in [0.05, 0.1) is 0 Å². The Kier molecular flexibility index (Phi) is 8.98. The number of nitrogens with one attached hydrogen (secondary N) is 1. The lowest BCUT2D eigenvalue weighted by Crippen LogP contribution is -2.30. The highest BCUT2D eigenvalue weighted by Gasteiger charge is 2.13. The molecule has 0 saturated heterocycles. The molecule has 2 nitrogen and oxygen atoms in total. The fraction of sp³-hybridized carbons (Fsp3) is 0.667. The van der Waals surface area contributed by atoms with E-state index in [0.29, 0.717) is 6.04 Å². The van der Waals surface area contributed by atoms with Gasteiger partial charge in [0.2, 0.25) is 0 Å². The highest BCUT2D eigenvalue weighted by atomic mass is 35.5. The molecule has 0 aliphatic carbocycles. The summed E-state index contributed by atoms with van der Waals surface area (Å²) < 4.78 is 0. The molecule has 0 radical (unpaired) electrons. The predicted molar refractivity (Wildman–Crippen MR) is 94.1 cm³/mol. The molecular weight excluding hydrogens is 280 g/mol. The van der Waals surface area contributed by atoms with Gasteiger partial charge in [0.25, 0.3) is 0 Å². The van der Waals surface area contributed by atoms with Crippen molar-refractivity contribution in [1.29, 1.82) is 0 Å². The van der Waals surface area contributed by atoms with Gasteiger partial charge in [-0.2, -0.15) is 0 Å². The Balaban J connectivity index is 2.58. The van der Waals surface area contributed by atoms with Crippen LogP contribution in [0.5, 0.6) is 0 Å². The summed E-state index contributed by atoms with van der Waals surface area (Å²) in [7, 11) is 2.22. The van der Waals surface area contributed by atoms with Crippen LogP contribution in [0.4, 0.5) is 0 Å². The Morgan fingerprint density at radius 1 is 1.29 bits per heavy atom. The third kappa shape index (κ3) is 7.30. The second kappa shape index (κ2) is 10.2. The van der Waals surface area contributed by atoms with Crippen molar-refractivity contribution in [2.24, 2.45) is 5.92 Å². The topological polar surface area (TPSA) is 15.3 Å². The van der Waals surface area contributed by atoms with Crippen molar-refractivity contribution in [3.63, 3.8) is 0 Å². The minimum Gasteiger partial charge on any atom is -0.310 e. The van der Waals surface area contributed by atoms with Gasteiger partial charge in [0.15, 0.2) is 0 Å². The van der Waals surface area contributed by atoms with Crippen LogP contribution >= 0.6 is 11.6 Å². The zero-order valence-corrected chi connectivity index (χ0v) is 14.8. The highest BCUT2D eigenvalue weighted by molar-refractivity contribution is 6.30. The minimum atomic E-state index is 0.392. The molecule has 0 aromatic heterocycles. The molecular formula is C18H31ClN2. The second-order valence-electron chi connectivity index (χ2n) is 6.13. The van der Waals surface area contributed by atoms with Crippen LogP contribution in [0.25, 0.3) is 0 Å². The molecule has 21 heavy (non-hydrogen) atoms. The fourth-order valence-corrected chi connectivity index (χ4v) is 2.73.